The van der Waals surface area contributed by atoms with Crippen molar-refractivity contribution in [1.82, 2.24) is 5.32 Å². The quantitative estimate of drug-likeness (QED) is 0.881. The van der Waals surface area contributed by atoms with E-state index in [1.165, 1.54) is 35.1 Å². The summed E-state index contributed by atoms with van der Waals surface area (Å²) in [5.41, 5.74) is 1.26. The van der Waals surface area contributed by atoms with Crippen molar-refractivity contribution in [3.63, 3.8) is 0 Å². The summed E-state index contributed by atoms with van der Waals surface area (Å²) in [5.74, 6) is -0.629. The summed E-state index contributed by atoms with van der Waals surface area (Å²) in [4.78, 5) is 24.5. The Morgan fingerprint density at radius 3 is 2.94 bits per heavy atom. The second-order valence-electron chi connectivity index (χ2n) is 4.94. The summed E-state index contributed by atoms with van der Waals surface area (Å²) >= 11 is 1.49. The average molecular weight is 267 g/mol. The van der Waals surface area contributed by atoms with Crippen LogP contribution in [0.5, 0.6) is 0 Å². The predicted molar refractivity (Wildman–Crippen MR) is 70.1 cm³/mol. The number of carboxylic acids is 1. The number of carbonyl (C=O) groups is 2. The topological polar surface area (TPSA) is 66.4 Å². The Morgan fingerprint density at radius 1 is 1.56 bits per heavy atom. The lowest BCUT2D eigenvalue weighted by Gasteiger charge is -2.16. The van der Waals surface area contributed by atoms with Gasteiger partial charge in [-0.15, -0.1) is 11.3 Å². The van der Waals surface area contributed by atoms with Crippen LogP contribution in [0.4, 0.5) is 0 Å². The van der Waals surface area contributed by atoms with Crippen LogP contribution in [0.2, 0.25) is 0 Å². The van der Waals surface area contributed by atoms with Crippen molar-refractivity contribution in [3.05, 3.63) is 21.4 Å². The van der Waals surface area contributed by atoms with Crippen molar-refractivity contribution >= 4 is 23.2 Å². The van der Waals surface area contributed by atoms with Crippen molar-refractivity contribution in [2.75, 3.05) is 0 Å². The molecule has 1 aromatic rings. The molecule has 1 heterocycles. The average Bonchev–Trinajstić information content (AvgIpc) is 2.71. The largest absolute Gasteiger partial charge is 0.480 e. The molecule has 2 rings (SSSR count). The van der Waals surface area contributed by atoms with Crippen molar-refractivity contribution in [1.29, 1.82) is 0 Å². The van der Waals surface area contributed by atoms with Gasteiger partial charge in [0, 0.05) is 4.88 Å². The zero-order valence-electron chi connectivity index (χ0n) is 10.5. The van der Waals surface area contributed by atoms with Crippen LogP contribution >= 0.6 is 11.3 Å². The molecule has 0 fully saturated rings. The molecule has 1 amide bonds. The maximum Gasteiger partial charge on any atom is 0.325 e. The molecule has 1 aliphatic rings. The van der Waals surface area contributed by atoms with Gasteiger partial charge in [-0.25, -0.2) is 0 Å². The standard InChI is InChI=1S/C13H17NO3S/c1-7-3-4-10-9(5-7)6-11(18-10)12(15)14-8(2)13(16)17/h6-8H,3-5H2,1-2H3,(H,14,15)(H,16,17)/t7?,8-/m1/s1. The maximum absolute atomic E-state index is 11.9. The van der Waals surface area contributed by atoms with Crippen LogP contribution < -0.4 is 5.32 Å². The van der Waals surface area contributed by atoms with E-state index in [0.29, 0.717) is 10.8 Å². The zero-order valence-corrected chi connectivity index (χ0v) is 11.3. The Kier molecular flexibility index (Phi) is 3.71. The van der Waals surface area contributed by atoms with E-state index in [9.17, 15) is 9.59 Å². The third-order valence-electron chi connectivity index (χ3n) is 3.27. The molecule has 1 aliphatic carbocycles. The van der Waals surface area contributed by atoms with Gasteiger partial charge in [-0.05, 0) is 43.7 Å². The van der Waals surface area contributed by atoms with Crippen LogP contribution in [0.25, 0.3) is 0 Å². The first-order valence-electron chi connectivity index (χ1n) is 6.12. The van der Waals surface area contributed by atoms with Crippen LogP contribution in [0.1, 0.15) is 40.4 Å². The van der Waals surface area contributed by atoms with Gasteiger partial charge in [0.2, 0.25) is 0 Å². The molecule has 5 heteroatoms. The minimum absolute atomic E-state index is 0.281. The van der Waals surface area contributed by atoms with Crippen molar-refractivity contribution in [2.24, 2.45) is 5.92 Å². The molecule has 18 heavy (non-hydrogen) atoms. The third kappa shape index (κ3) is 2.72. The van der Waals surface area contributed by atoms with Gasteiger partial charge in [0.05, 0.1) is 4.88 Å². The Hall–Kier alpha value is -1.36. The first-order valence-corrected chi connectivity index (χ1v) is 6.94. The Bertz CT molecular complexity index is 481. The third-order valence-corrected chi connectivity index (χ3v) is 4.51. The van der Waals surface area contributed by atoms with E-state index >= 15 is 0 Å². The van der Waals surface area contributed by atoms with Crippen molar-refractivity contribution in [3.8, 4) is 0 Å². The fourth-order valence-electron chi connectivity index (χ4n) is 2.15. The molecule has 0 saturated carbocycles. The Labute approximate surface area is 110 Å². The fraction of sp³-hybridized carbons (Fsp3) is 0.538. The van der Waals surface area contributed by atoms with Gasteiger partial charge >= 0.3 is 5.97 Å². The lowest BCUT2D eigenvalue weighted by molar-refractivity contribution is -0.138. The number of carboxylic acid groups (broad SMARTS) is 1. The number of hydrogen-bond donors (Lipinski definition) is 2. The SMILES string of the molecule is CC1CCc2sc(C(=O)N[C@H](C)C(=O)O)cc2C1. The van der Waals surface area contributed by atoms with Gasteiger partial charge in [-0.3, -0.25) is 9.59 Å². The van der Waals surface area contributed by atoms with E-state index < -0.39 is 12.0 Å². The van der Waals surface area contributed by atoms with E-state index in [4.69, 9.17) is 5.11 Å². The van der Waals surface area contributed by atoms with Crippen LogP contribution in [0.3, 0.4) is 0 Å². The van der Waals surface area contributed by atoms with E-state index in [1.54, 1.807) is 0 Å². The highest BCUT2D eigenvalue weighted by Gasteiger charge is 2.22. The molecule has 2 N–H and O–H groups in total. The second-order valence-corrected chi connectivity index (χ2v) is 6.08. The van der Waals surface area contributed by atoms with E-state index in [2.05, 4.69) is 12.2 Å². The second kappa shape index (κ2) is 5.10. The molecular formula is C13H17NO3S. The molecule has 0 saturated heterocycles. The van der Waals surface area contributed by atoms with Crippen LogP contribution in [0, 0.1) is 5.92 Å². The van der Waals surface area contributed by atoms with Gasteiger partial charge in [0.15, 0.2) is 0 Å². The molecule has 2 atom stereocenters. The number of amides is 1. The molecule has 98 valence electrons. The van der Waals surface area contributed by atoms with E-state index in [-0.39, 0.29) is 5.91 Å². The number of hydrogen-bond acceptors (Lipinski definition) is 3. The minimum atomic E-state index is -1.02. The number of thiophene rings is 1. The molecular weight excluding hydrogens is 250 g/mol. The number of fused-ring (bicyclic) bond motifs is 1. The number of nitrogens with one attached hydrogen (secondary N) is 1. The first-order chi connectivity index (χ1) is 8.47. The molecule has 1 aromatic heterocycles. The van der Waals surface area contributed by atoms with Gasteiger partial charge < -0.3 is 10.4 Å². The fourth-order valence-corrected chi connectivity index (χ4v) is 3.26. The maximum atomic E-state index is 11.9. The summed E-state index contributed by atoms with van der Waals surface area (Å²) in [6, 6.07) is 1.06. The van der Waals surface area contributed by atoms with E-state index in [0.717, 1.165) is 12.8 Å². The monoisotopic (exact) mass is 267 g/mol. The highest BCUT2D eigenvalue weighted by Crippen LogP contribution is 2.32. The molecule has 0 radical (unpaired) electrons. The number of carbonyl (C=O) groups excluding carboxylic acids is 1. The van der Waals surface area contributed by atoms with Gasteiger partial charge in [-0.1, -0.05) is 6.92 Å². The minimum Gasteiger partial charge on any atom is -0.480 e. The summed E-state index contributed by atoms with van der Waals surface area (Å²) in [7, 11) is 0. The molecule has 0 aliphatic heterocycles. The molecule has 4 nitrogen and oxygen atoms in total. The highest BCUT2D eigenvalue weighted by molar-refractivity contribution is 7.14. The van der Waals surface area contributed by atoms with Crippen LogP contribution in [-0.2, 0) is 17.6 Å². The summed E-state index contributed by atoms with van der Waals surface area (Å²) in [5, 5.41) is 11.3. The smallest absolute Gasteiger partial charge is 0.325 e. The Morgan fingerprint density at radius 2 is 2.28 bits per heavy atom. The summed E-state index contributed by atoms with van der Waals surface area (Å²) in [6.07, 6.45) is 3.22. The molecule has 0 spiro atoms. The van der Waals surface area contributed by atoms with Gasteiger partial charge in [-0.2, -0.15) is 0 Å². The lowest BCUT2D eigenvalue weighted by Crippen LogP contribution is -2.37. The van der Waals surface area contributed by atoms with Crippen molar-refractivity contribution < 1.29 is 14.7 Å². The lowest BCUT2D eigenvalue weighted by atomic mass is 9.90. The van der Waals surface area contributed by atoms with Crippen LogP contribution in [-0.4, -0.2) is 23.0 Å². The normalized spacial score (nSPS) is 20.0. The number of rotatable bonds is 3. The van der Waals surface area contributed by atoms with Gasteiger partial charge in [0.25, 0.3) is 5.91 Å². The number of aliphatic carboxylic acids is 1. The molecule has 0 bridgehead atoms. The number of aryl methyl sites for hydroxylation is 1. The van der Waals surface area contributed by atoms with Crippen molar-refractivity contribution in [2.45, 2.75) is 39.2 Å². The van der Waals surface area contributed by atoms with E-state index in [1.807, 2.05) is 6.07 Å². The predicted octanol–water partition coefficient (Wildman–Crippen LogP) is 2.08. The Balaban J connectivity index is 2.10. The first kappa shape index (κ1) is 13.1. The van der Waals surface area contributed by atoms with Gasteiger partial charge in [0.1, 0.15) is 6.04 Å². The molecule has 0 aromatic carbocycles. The summed E-state index contributed by atoms with van der Waals surface area (Å²) < 4.78 is 0. The highest BCUT2D eigenvalue weighted by atomic mass is 32.1. The summed E-state index contributed by atoms with van der Waals surface area (Å²) in [6.45, 7) is 3.68. The van der Waals surface area contributed by atoms with Crippen LogP contribution in [0.15, 0.2) is 6.07 Å². The zero-order chi connectivity index (χ0) is 13.3. The molecule has 1 unspecified atom stereocenters.